The van der Waals surface area contributed by atoms with E-state index in [0.29, 0.717) is 0 Å². The maximum absolute atomic E-state index is 4.22. The van der Waals surface area contributed by atoms with Gasteiger partial charge in [-0.2, -0.15) is 0 Å². The Hall–Kier alpha value is -1.86. The van der Waals surface area contributed by atoms with Crippen molar-refractivity contribution in [3.05, 3.63) is 83.4 Å². The second-order valence-corrected chi connectivity index (χ2v) is 7.92. The Labute approximate surface area is 167 Å². The van der Waals surface area contributed by atoms with Crippen molar-refractivity contribution in [1.82, 2.24) is 4.90 Å². The Morgan fingerprint density at radius 2 is 1.81 bits per heavy atom. The first kappa shape index (κ1) is 21.4. The van der Waals surface area contributed by atoms with Gasteiger partial charge in [0.05, 0.1) is 0 Å². The molecule has 0 aliphatic carbocycles. The van der Waals surface area contributed by atoms with Gasteiger partial charge in [0.15, 0.2) is 0 Å². The molecule has 3 rings (SSSR count). The Kier molecular flexibility index (Phi) is 9.35. The lowest BCUT2D eigenvalue weighted by Gasteiger charge is -2.19. The van der Waals surface area contributed by atoms with Crippen LogP contribution < -0.4 is 0 Å². The molecule has 146 valence electrons. The van der Waals surface area contributed by atoms with Gasteiger partial charge in [0.2, 0.25) is 0 Å². The third-order valence-corrected chi connectivity index (χ3v) is 5.53. The number of nitrogens with zero attached hydrogens (tertiary/aromatic N) is 1. The van der Waals surface area contributed by atoms with Crippen LogP contribution in [0, 0.1) is 6.92 Å². The Bertz CT molecular complexity index is 674. The lowest BCUT2D eigenvalue weighted by molar-refractivity contribution is 0.292. The first-order chi connectivity index (χ1) is 13.1. The fourth-order valence-corrected chi connectivity index (χ4v) is 3.84. The quantitative estimate of drug-likeness (QED) is 0.500. The lowest BCUT2D eigenvalue weighted by Crippen LogP contribution is -2.24. The van der Waals surface area contributed by atoms with Crippen LogP contribution in [0.25, 0.3) is 0 Å². The van der Waals surface area contributed by atoms with Gasteiger partial charge in [-0.05, 0) is 76.6 Å². The highest BCUT2D eigenvalue weighted by molar-refractivity contribution is 5.22. The number of allylic oxidation sites excluding steroid dienone is 1. The maximum atomic E-state index is 4.22. The van der Waals surface area contributed by atoms with Crippen LogP contribution in [0.4, 0.5) is 0 Å². The zero-order chi connectivity index (χ0) is 19.5. The van der Waals surface area contributed by atoms with Crippen LogP contribution in [0.3, 0.4) is 0 Å². The highest BCUT2D eigenvalue weighted by Gasteiger charge is 2.19. The van der Waals surface area contributed by atoms with Gasteiger partial charge in [0.25, 0.3) is 0 Å². The predicted octanol–water partition coefficient (Wildman–Crippen LogP) is 6.61. The summed E-state index contributed by atoms with van der Waals surface area (Å²) in [4.78, 5) is 2.51. The van der Waals surface area contributed by atoms with E-state index in [0.717, 1.165) is 18.9 Å². The molecular weight excluding hydrogens is 326 g/mol. The summed E-state index contributed by atoms with van der Waals surface area (Å²) in [5.74, 6) is 0. The zero-order valence-electron chi connectivity index (χ0n) is 17.6. The largest absolute Gasteiger partial charge is 0.303 e. The summed E-state index contributed by atoms with van der Waals surface area (Å²) >= 11 is 0. The molecule has 0 saturated carbocycles. The van der Waals surface area contributed by atoms with Crippen LogP contribution in [0.15, 0.2) is 66.7 Å². The number of aryl methyl sites for hydroxylation is 2. The van der Waals surface area contributed by atoms with Gasteiger partial charge in [0.1, 0.15) is 0 Å². The molecule has 1 aliphatic heterocycles. The lowest BCUT2D eigenvalue weighted by atomic mass is 9.99. The standard InChI is InChI=1S/C17H25N.C9H12/c1-15(14-16-9-4-3-5-10-16)8-6-11-17-12-7-13-18(17)2;1-3-9-6-4-5-8(2)7-9/h3-5,9-10,17H,1,6-8,11-14H2,2H3;4-7H,3H2,1-2H3. The minimum absolute atomic E-state index is 0.828. The fraction of sp³-hybridized carbons (Fsp3) is 0.462. The average Bonchev–Trinajstić information content (AvgIpc) is 3.08. The number of benzene rings is 2. The van der Waals surface area contributed by atoms with Crippen LogP contribution in [0.2, 0.25) is 0 Å². The topological polar surface area (TPSA) is 3.24 Å². The van der Waals surface area contributed by atoms with E-state index < -0.39 is 0 Å². The van der Waals surface area contributed by atoms with Crippen LogP contribution in [-0.4, -0.2) is 24.5 Å². The normalized spacial score (nSPS) is 16.6. The zero-order valence-corrected chi connectivity index (χ0v) is 17.6. The van der Waals surface area contributed by atoms with Crippen molar-refractivity contribution in [2.75, 3.05) is 13.6 Å². The molecular formula is C26H37N. The number of likely N-dealkylation sites (tertiary alicyclic amines) is 1. The molecule has 0 N–H and O–H groups in total. The van der Waals surface area contributed by atoms with E-state index in [4.69, 9.17) is 0 Å². The summed E-state index contributed by atoms with van der Waals surface area (Å²) in [6.07, 6.45) is 8.76. The molecule has 1 fully saturated rings. The van der Waals surface area contributed by atoms with Gasteiger partial charge >= 0.3 is 0 Å². The van der Waals surface area contributed by atoms with Gasteiger partial charge in [-0.1, -0.05) is 79.2 Å². The molecule has 27 heavy (non-hydrogen) atoms. The fourth-order valence-electron chi connectivity index (χ4n) is 3.84. The second kappa shape index (κ2) is 11.8. The van der Waals surface area contributed by atoms with Crippen molar-refractivity contribution < 1.29 is 0 Å². The number of rotatable bonds is 7. The molecule has 2 aromatic carbocycles. The molecule has 0 spiro atoms. The van der Waals surface area contributed by atoms with E-state index in [1.54, 1.807) is 0 Å². The molecule has 0 aromatic heterocycles. The van der Waals surface area contributed by atoms with Gasteiger partial charge in [-0.3, -0.25) is 0 Å². The van der Waals surface area contributed by atoms with Crippen molar-refractivity contribution >= 4 is 0 Å². The first-order valence-corrected chi connectivity index (χ1v) is 10.5. The molecule has 1 atom stereocenters. The van der Waals surface area contributed by atoms with Crippen molar-refractivity contribution in [3.63, 3.8) is 0 Å². The highest BCUT2D eigenvalue weighted by atomic mass is 15.1. The van der Waals surface area contributed by atoms with E-state index >= 15 is 0 Å². The minimum atomic E-state index is 0.828. The number of hydrogen-bond donors (Lipinski definition) is 0. The summed E-state index contributed by atoms with van der Waals surface area (Å²) in [7, 11) is 2.26. The van der Waals surface area contributed by atoms with Gasteiger partial charge in [-0.15, -0.1) is 0 Å². The van der Waals surface area contributed by atoms with E-state index in [2.05, 4.69) is 87.0 Å². The maximum Gasteiger partial charge on any atom is 0.00927 e. The predicted molar refractivity (Wildman–Crippen MR) is 119 cm³/mol. The van der Waals surface area contributed by atoms with Crippen molar-refractivity contribution in [2.45, 2.75) is 64.8 Å². The van der Waals surface area contributed by atoms with Crippen molar-refractivity contribution in [1.29, 1.82) is 0 Å². The molecule has 1 heteroatoms. The van der Waals surface area contributed by atoms with Crippen LogP contribution >= 0.6 is 0 Å². The smallest absolute Gasteiger partial charge is 0.00927 e. The second-order valence-electron chi connectivity index (χ2n) is 7.92. The molecule has 1 aliphatic rings. The Morgan fingerprint density at radius 1 is 1.07 bits per heavy atom. The average molecular weight is 364 g/mol. The molecule has 1 saturated heterocycles. The molecule has 1 nitrogen and oxygen atoms in total. The van der Waals surface area contributed by atoms with Gasteiger partial charge in [-0.25, -0.2) is 0 Å². The molecule has 1 unspecified atom stereocenters. The van der Waals surface area contributed by atoms with Gasteiger partial charge in [0, 0.05) is 6.04 Å². The van der Waals surface area contributed by atoms with E-state index in [-0.39, 0.29) is 0 Å². The Morgan fingerprint density at radius 3 is 2.41 bits per heavy atom. The highest BCUT2D eigenvalue weighted by Crippen LogP contribution is 2.21. The van der Waals surface area contributed by atoms with Crippen molar-refractivity contribution in [3.8, 4) is 0 Å². The summed E-state index contributed by atoms with van der Waals surface area (Å²) in [6, 6.07) is 20.1. The summed E-state index contributed by atoms with van der Waals surface area (Å²) in [6.45, 7) is 9.81. The minimum Gasteiger partial charge on any atom is -0.303 e. The first-order valence-electron chi connectivity index (χ1n) is 10.5. The molecule has 2 aromatic rings. The summed E-state index contributed by atoms with van der Waals surface area (Å²) < 4.78 is 0. The summed E-state index contributed by atoms with van der Waals surface area (Å²) in [5.41, 5.74) is 5.55. The van der Waals surface area contributed by atoms with Crippen LogP contribution in [0.5, 0.6) is 0 Å². The van der Waals surface area contributed by atoms with Crippen molar-refractivity contribution in [2.24, 2.45) is 0 Å². The Balaban J connectivity index is 0.000000244. The van der Waals surface area contributed by atoms with Crippen LogP contribution in [0.1, 0.15) is 55.7 Å². The third-order valence-electron chi connectivity index (χ3n) is 5.53. The monoisotopic (exact) mass is 363 g/mol. The van der Waals surface area contributed by atoms with E-state index in [9.17, 15) is 0 Å². The molecule has 0 amide bonds. The van der Waals surface area contributed by atoms with Crippen LogP contribution in [-0.2, 0) is 12.8 Å². The third kappa shape index (κ3) is 8.13. The molecule has 0 radical (unpaired) electrons. The molecule has 0 bridgehead atoms. The SMILES string of the molecule is C=C(CCCC1CCCN1C)Cc1ccccc1.CCc1cccc(C)c1. The van der Waals surface area contributed by atoms with Gasteiger partial charge < -0.3 is 4.90 Å². The number of hydrogen-bond acceptors (Lipinski definition) is 1. The summed E-state index contributed by atoms with van der Waals surface area (Å²) in [5, 5.41) is 0. The van der Waals surface area contributed by atoms with E-state index in [1.165, 1.54) is 60.9 Å². The van der Waals surface area contributed by atoms with E-state index in [1.807, 2.05) is 0 Å². The molecule has 1 heterocycles.